The molecule has 0 bridgehead atoms. The Labute approximate surface area is 168 Å². The topological polar surface area (TPSA) is 61.9 Å². The first kappa shape index (κ1) is 20.8. The van der Waals surface area contributed by atoms with Gasteiger partial charge in [0.15, 0.2) is 0 Å². The minimum absolute atomic E-state index is 0.0132. The molecule has 0 unspecified atom stereocenters. The molecule has 2 aliphatic rings. The van der Waals surface area contributed by atoms with Gasteiger partial charge in [0.1, 0.15) is 0 Å². The van der Waals surface area contributed by atoms with E-state index in [1.54, 1.807) is 0 Å². The van der Waals surface area contributed by atoms with Crippen molar-refractivity contribution in [2.45, 2.75) is 45.3 Å². The number of carbonyl (C=O) groups is 2. The van der Waals surface area contributed by atoms with Gasteiger partial charge >= 0.3 is 0 Å². The molecule has 0 radical (unpaired) electrons. The van der Waals surface area contributed by atoms with E-state index in [-0.39, 0.29) is 29.9 Å². The maximum absolute atomic E-state index is 12.4. The first-order valence-electron chi connectivity index (χ1n) is 10.5. The van der Waals surface area contributed by atoms with Crippen LogP contribution in [0.5, 0.6) is 0 Å². The monoisotopic (exact) mass is 387 g/mol. The number of likely N-dealkylation sites (tertiary alicyclic amines) is 1. The van der Waals surface area contributed by atoms with E-state index in [4.69, 9.17) is 4.74 Å². The predicted octanol–water partition coefficient (Wildman–Crippen LogP) is 1.69. The summed E-state index contributed by atoms with van der Waals surface area (Å²) < 4.78 is 5.75. The molecule has 0 aliphatic carbocycles. The lowest BCUT2D eigenvalue weighted by Crippen LogP contribution is -2.46. The standard InChI is InChI=1S/C22H33N3O3/c1-17-14-24(15-18(2)28-17)11-6-10-23-22(27)20-13-21(26)25(16-20)12-9-19-7-4-3-5-8-19/h3-5,7-8,17-18,20H,6,9-16H2,1-2H3,(H,23,27)/t17-,18-,20+/m1/s1. The number of nitrogens with zero attached hydrogens (tertiary/aromatic N) is 2. The van der Waals surface area contributed by atoms with Gasteiger partial charge in [0.25, 0.3) is 0 Å². The highest BCUT2D eigenvalue weighted by atomic mass is 16.5. The fourth-order valence-electron chi connectivity index (χ4n) is 4.20. The highest BCUT2D eigenvalue weighted by Crippen LogP contribution is 2.18. The fraction of sp³-hybridized carbons (Fsp3) is 0.636. The first-order chi connectivity index (χ1) is 13.5. The Balaban J connectivity index is 1.34. The number of carbonyl (C=O) groups excluding carboxylic acids is 2. The maximum atomic E-state index is 12.4. The van der Waals surface area contributed by atoms with Gasteiger partial charge in [-0.2, -0.15) is 0 Å². The van der Waals surface area contributed by atoms with E-state index in [0.717, 1.165) is 32.5 Å². The summed E-state index contributed by atoms with van der Waals surface area (Å²) in [6.45, 7) is 8.95. The molecule has 28 heavy (non-hydrogen) atoms. The average Bonchev–Trinajstić information content (AvgIpc) is 3.04. The SMILES string of the molecule is C[C@@H]1CN(CCCNC(=O)[C@H]2CC(=O)N(CCc3ccccc3)C2)C[C@@H](C)O1. The van der Waals surface area contributed by atoms with Crippen LogP contribution in [0, 0.1) is 5.92 Å². The molecule has 3 rings (SSSR count). The summed E-state index contributed by atoms with van der Waals surface area (Å²) in [6, 6.07) is 10.2. The van der Waals surface area contributed by atoms with E-state index in [0.29, 0.717) is 26.1 Å². The lowest BCUT2D eigenvalue weighted by atomic mass is 10.1. The van der Waals surface area contributed by atoms with Crippen LogP contribution in [-0.4, -0.2) is 73.1 Å². The van der Waals surface area contributed by atoms with Crippen LogP contribution in [0.1, 0.15) is 32.3 Å². The first-order valence-corrected chi connectivity index (χ1v) is 10.5. The van der Waals surface area contributed by atoms with Crippen LogP contribution in [0.3, 0.4) is 0 Å². The minimum atomic E-state index is -0.216. The van der Waals surface area contributed by atoms with Crippen molar-refractivity contribution in [3.05, 3.63) is 35.9 Å². The van der Waals surface area contributed by atoms with Gasteiger partial charge in [-0.15, -0.1) is 0 Å². The molecule has 0 saturated carbocycles. The summed E-state index contributed by atoms with van der Waals surface area (Å²) in [7, 11) is 0. The van der Waals surface area contributed by atoms with Crippen LogP contribution >= 0.6 is 0 Å². The van der Waals surface area contributed by atoms with Gasteiger partial charge < -0.3 is 15.0 Å². The van der Waals surface area contributed by atoms with E-state index in [2.05, 4.69) is 36.2 Å². The second-order valence-electron chi connectivity index (χ2n) is 8.14. The molecular weight excluding hydrogens is 354 g/mol. The van der Waals surface area contributed by atoms with E-state index in [1.165, 1.54) is 5.56 Å². The maximum Gasteiger partial charge on any atom is 0.225 e. The minimum Gasteiger partial charge on any atom is -0.373 e. The molecule has 1 N–H and O–H groups in total. The highest BCUT2D eigenvalue weighted by molar-refractivity contribution is 5.89. The number of benzene rings is 1. The number of amides is 2. The van der Waals surface area contributed by atoms with Gasteiger partial charge in [0.2, 0.25) is 11.8 Å². The summed E-state index contributed by atoms with van der Waals surface area (Å²) in [4.78, 5) is 28.9. The number of morpholine rings is 1. The van der Waals surface area contributed by atoms with E-state index >= 15 is 0 Å². The number of hydrogen-bond acceptors (Lipinski definition) is 4. The predicted molar refractivity (Wildman–Crippen MR) is 109 cm³/mol. The van der Waals surface area contributed by atoms with Crippen molar-refractivity contribution < 1.29 is 14.3 Å². The molecule has 2 fully saturated rings. The Morgan fingerprint density at radius 3 is 2.54 bits per heavy atom. The Kier molecular flexibility index (Phi) is 7.45. The van der Waals surface area contributed by atoms with Crippen molar-refractivity contribution in [2.24, 2.45) is 5.92 Å². The molecule has 2 amide bonds. The lowest BCUT2D eigenvalue weighted by Gasteiger charge is -2.35. The van der Waals surface area contributed by atoms with Gasteiger partial charge in [0.05, 0.1) is 18.1 Å². The summed E-state index contributed by atoms with van der Waals surface area (Å²) >= 11 is 0. The summed E-state index contributed by atoms with van der Waals surface area (Å²) in [5.41, 5.74) is 1.22. The van der Waals surface area contributed by atoms with Crippen molar-refractivity contribution in [3.63, 3.8) is 0 Å². The molecule has 2 heterocycles. The third kappa shape index (κ3) is 6.04. The zero-order chi connectivity index (χ0) is 19.9. The average molecular weight is 388 g/mol. The zero-order valence-electron chi connectivity index (χ0n) is 17.1. The van der Waals surface area contributed by atoms with Crippen LogP contribution in [-0.2, 0) is 20.7 Å². The third-order valence-electron chi connectivity index (χ3n) is 5.54. The number of rotatable bonds is 8. The van der Waals surface area contributed by atoms with Crippen LogP contribution in [0.15, 0.2) is 30.3 Å². The molecule has 2 aliphatic heterocycles. The van der Waals surface area contributed by atoms with Gasteiger partial charge in [-0.25, -0.2) is 0 Å². The quantitative estimate of drug-likeness (QED) is 0.690. The molecule has 1 aromatic rings. The summed E-state index contributed by atoms with van der Waals surface area (Å²) in [5.74, 6) is -0.113. The Morgan fingerprint density at radius 1 is 1.11 bits per heavy atom. The Morgan fingerprint density at radius 2 is 1.82 bits per heavy atom. The molecule has 6 nitrogen and oxygen atoms in total. The summed E-state index contributed by atoms with van der Waals surface area (Å²) in [6.07, 6.45) is 2.62. The van der Waals surface area contributed by atoms with Gasteiger partial charge in [-0.1, -0.05) is 30.3 Å². The van der Waals surface area contributed by atoms with Crippen molar-refractivity contribution in [2.75, 3.05) is 39.3 Å². The van der Waals surface area contributed by atoms with Gasteiger partial charge in [-0.05, 0) is 32.3 Å². The number of ether oxygens (including phenoxy) is 1. The highest BCUT2D eigenvalue weighted by Gasteiger charge is 2.33. The summed E-state index contributed by atoms with van der Waals surface area (Å²) in [5, 5.41) is 3.03. The molecule has 1 aromatic carbocycles. The molecule has 0 spiro atoms. The molecule has 6 heteroatoms. The molecular formula is C22H33N3O3. The van der Waals surface area contributed by atoms with E-state index in [1.807, 2.05) is 23.1 Å². The number of nitrogens with one attached hydrogen (secondary N) is 1. The third-order valence-corrected chi connectivity index (χ3v) is 5.54. The molecule has 154 valence electrons. The molecule has 3 atom stereocenters. The molecule has 2 saturated heterocycles. The smallest absolute Gasteiger partial charge is 0.225 e. The van der Waals surface area contributed by atoms with Gasteiger partial charge in [-0.3, -0.25) is 14.5 Å². The fourth-order valence-corrected chi connectivity index (χ4v) is 4.20. The normalized spacial score (nSPS) is 25.9. The van der Waals surface area contributed by atoms with Crippen molar-refractivity contribution >= 4 is 11.8 Å². The van der Waals surface area contributed by atoms with Crippen LogP contribution in [0.4, 0.5) is 0 Å². The Hall–Kier alpha value is -1.92. The van der Waals surface area contributed by atoms with Crippen molar-refractivity contribution in [1.82, 2.24) is 15.1 Å². The lowest BCUT2D eigenvalue weighted by molar-refractivity contribution is -0.129. The number of hydrogen-bond donors (Lipinski definition) is 1. The van der Waals surface area contributed by atoms with E-state index < -0.39 is 0 Å². The second-order valence-corrected chi connectivity index (χ2v) is 8.14. The van der Waals surface area contributed by atoms with Crippen molar-refractivity contribution in [3.8, 4) is 0 Å². The van der Waals surface area contributed by atoms with Crippen LogP contribution < -0.4 is 5.32 Å². The molecule has 0 aromatic heterocycles. The van der Waals surface area contributed by atoms with Crippen molar-refractivity contribution in [1.29, 1.82) is 0 Å². The zero-order valence-corrected chi connectivity index (χ0v) is 17.1. The van der Waals surface area contributed by atoms with E-state index in [9.17, 15) is 9.59 Å². The van der Waals surface area contributed by atoms with Gasteiger partial charge in [0, 0.05) is 45.7 Å². The second kappa shape index (κ2) is 10.0. The van der Waals surface area contributed by atoms with Crippen LogP contribution in [0.2, 0.25) is 0 Å². The Bertz CT molecular complexity index is 642. The largest absolute Gasteiger partial charge is 0.373 e. The van der Waals surface area contributed by atoms with Crippen LogP contribution in [0.25, 0.3) is 0 Å².